The molecule has 0 saturated carbocycles. The third-order valence-corrected chi connectivity index (χ3v) is 3.78. The van der Waals surface area contributed by atoms with Gasteiger partial charge in [-0.3, -0.25) is 0 Å². The van der Waals surface area contributed by atoms with Crippen LogP contribution in [-0.2, 0) is 11.2 Å². The lowest BCUT2D eigenvalue weighted by molar-refractivity contribution is -0.164. The first-order valence-corrected chi connectivity index (χ1v) is 7.06. The van der Waals surface area contributed by atoms with Crippen molar-refractivity contribution in [3.63, 3.8) is 0 Å². The van der Waals surface area contributed by atoms with Crippen LogP contribution >= 0.6 is 0 Å². The number of H-pyrrole nitrogens is 1. The van der Waals surface area contributed by atoms with Crippen molar-refractivity contribution in [3.05, 3.63) is 59.4 Å². The van der Waals surface area contributed by atoms with Gasteiger partial charge in [-0.1, -0.05) is 0 Å². The Bertz CT molecular complexity index is 963. The number of rotatable bonds is 4. The summed E-state index contributed by atoms with van der Waals surface area (Å²) >= 11 is 0. The minimum absolute atomic E-state index is 0.0274. The van der Waals surface area contributed by atoms with E-state index in [0.29, 0.717) is 6.07 Å². The Morgan fingerprint density at radius 3 is 2.28 bits per heavy atom. The standard InChI is InChI=1S/C17H10F5NO2/c18-9-3-1-8(2-4-9)14-12(7-17(21,22)16(24)25)11-5-10(19)6-13(20)15(11)23-14/h1-6,23H,7H2,(H,24,25). The van der Waals surface area contributed by atoms with Crippen LogP contribution in [0.4, 0.5) is 22.0 Å². The maximum Gasteiger partial charge on any atom is 0.374 e. The zero-order valence-corrected chi connectivity index (χ0v) is 12.4. The van der Waals surface area contributed by atoms with E-state index in [1.54, 1.807) is 0 Å². The molecular formula is C17H10F5NO2. The molecule has 0 radical (unpaired) electrons. The van der Waals surface area contributed by atoms with Gasteiger partial charge in [0.15, 0.2) is 0 Å². The van der Waals surface area contributed by atoms with Crippen LogP contribution in [0.5, 0.6) is 0 Å². The zero-order valence-electron chi connectivity index (χ0n) is 12.4. The lowest BCUT2D eigenvalue weighted by Crippen LogP contribution is -2.30. The molecule has 8 heteroatoms. The molecule has 0 bridgehead atoms. The summed E-state index contributed by atoms with van der Waals surface area (Å²) in [4.78, 5) is 13.3. The van der Waals surface area contributed by atoms with Crippen LogP contribution in [0, 0.1) is 17.5 Å². The summed E-state index contributed by atoms with van der Waals surface area (Å²) in [7, 11) is 0. The van der Waals surface area contributed by atoms with Crippen LogP contribution in [0.15, 0.2) is 36.4 Å². The number of carboxylic acids is 1. The van der Waals surface area contributed by atoms with Gasteiger partial charge in [0.25, 0.3) is 0 Å². The van der Waals surface area contributed by atoms with Gasteiger partial charge in [-0.05, 0) is 41.5 Å². The molecule has 25 heavy (non-hydrogen) atoms. The fraction of sp³-hybridized carbons (Fsp3) is 0.118. The second kappa shape index (κ2) is 5.87. The van der Waals surface area contributed by atoms with E-state index >= 15 is 0 Å². The van der Waals surface area contributed by atoms with Gasteiger partial charge >= 0.3 is 11.9 Å². The molecule has 2 aromatic carbocycles. The average Bonchev–Trinajstić information content (AvgIpc) is 2.86. The number of halogens is 5. The number of benzene rings is 2. The van der Waals surface area contributed by atoms with Crippen LogP contribution in [0.3, 0.4) is 0 Å². The number of carbonyl (C=O) groups is 1. The molecule has 3 rings (SSSR count). The fourth-order valence-corrected chi connectivity index (χ4v) is 2.62. The van der Waals surface area contributed by atoms with Crippen LogP contribution < -0.4 is 0 Å². The van der Waals surface area contributed by atoms with E-state index in [0.717, 1.165) is 18.2 Å². The smallest absolute Gasteiger partial charge is 0.374 e. The molecule has 1 heterocycles. The SMILES string of the molecule is O=C(O)C(F)(F)Cc1c(-c2ccc(F)cc2)[nH]c2c(F)cc(F)cc12. The van der Waals surface area contributed by atoms with Gasteiger partial charge in [0.05, 0.1) is 17.6 Å². The van der Waals surface area contributed by atoms with E-state index in [2.05, 4.69) is 4.98 Å². The summed E-state index contributed by atoms with van der Waals surface area (Å²) < 4.78 is 68.1. The van der Waals surface area contributed by atoms with Crippen LogP contribution in [0.2, 0.25) is 0 Å². The number of carboxylic acid groups (broad SMARTS) is 1. The molecule has 3 aromatic rings. The highest BCUT2D eigenvalue weighted by molar-refractivity contribution is 5.92. The van der Waals surface area contributed by atoms with Crippen LogP contribution in [0.25, 0.3) is 22.2 Å². The summed E-state index contributed by atoms with van der Waals surface area (Å²) in [6.07, 6.45) is -1.28. The minimum Gasteiger partial charge on any atom is -0.477 e. The lowest BCUT2D eigenvalue weighted by atomic mass is 9.99. The van der Waals surface area contributed by atoms with Gasteiger partial charge in [0.1, 0.15) is 17.5 Å². The number of aromatic amines is 1. The lowest BCUT2D eigenvalue weighted by Gasteiger charge is -2.12. The summed E-state index contributed by atoms with van der Waals surface area (Å²) in [5.74, 6) is -9.08. The van der Waals surface area contributed by atoms with Gasteiger partial charge < -0.3 is 10.1 Å². The number of aliphatic carboxylic acids is 1. The molecular weight excluding hydrogens is 345 g/mol. The molecule has 0 amide bonds. The number of nitrogens with one attached hydrogen (secondary N) is 1. The second-order valence-electron chi connectivity index (χ2n) is 5.48. The minimum atomic E-state index is -4.15. The van der Waals surface area contributed by atoms with Crippen molar-refractivity contribution in [1.29, 1.82) is 0 Å². The summed E-state index contributed by atoms with van der Waals surface area (Å²) in [6.45, 7) is 0. The maximum absolute atomic E-state index is 14.0. The maximum atomic E-state index is 14.0. The highest BCUT2D eigenvalue weighted by Crippen LogP contribution is 2.36. The monoisotopic (exact) mass is 355 g/mol. The van der Waals surface area contributed by atoms with Crippen LogP contribution in [0.1, 0.15) is 5.56 Å². The molecule has 0 aliphatic heterocycles. The topological polar surface area (TPSA) is 53.1 Å². The molecule has 0 fully saturated rings. The van der Waals surface area contributed by atoms with E-state index in [-0.39, 0.29) is 27.7 Å². The van der Waals surface area contributed by atoms with Crippen molar-refractivity contribution in [1.82, 2.24) is 4.98 Å². The quantitative estimate of drug-likeness (QED) is 0.677. The first-order chi connectivity index (χ1) is 11.7. The van der Waals surface area contributed by atoms with E-state index in [1.165, 1.54) is 12.1 Å². The Labute approximate surface area is 137 Å². The Morgan fingerprint density at radius 1 is 1.04 bits per heavy atom. The van der Waals surface area contributed by atoms with Gasteiger partial charge in [-0.25, -0.2) is 18.0 Å². The van der Waals surface area contributed by atoms with Crippen molar-refractivity contribution in [2.24, 2.45) is 0 Å². The van der Waals surface area contributed by atoms with Gasteiger partial charge in [-0.2, -0.15) is 8.78 Å². The number of hydrogen-bond donors (Lipinski definition) is 2. The Hall–Kier alpha value is -2.90. The molecule has 0 saturated heterocycles. The van der Waals surface area contributed by atoms with Crippen molar-refractivity contribution in [3.8, 4) is 11.3 Å². The summed E-state index contributed by atoms with van der Waals surface area (Å²) in [5.41, 5.74) is -0.307. The third kappa shape index (κ3) is 3.07. The number of alkyl halides is 2. The largest absolute Gasteiger partial charge is 0.477 e. The normalized spacial score (nSPS) is 11.9. The number of fused-ring (bicyclic) bond motifs is 1. The molecule has 1 aromatic heterocycles. The van der Waals surface area contributed by atoms with Crippen molar-refractivity contribution < 1.29 is 31.9 Å². The first-order valence-electron chi connectivity index (χ1n) is 7.06. The Balaban J connectivity index is 2.28. The molecule has 0 spiro atoms. The molecule has 130 valence electrons. The van der Waals surface area contributed by atoms with E-state index in [1.807, 2.05) is 0 Å². The predicted octanol–water partition coefficient (Wildman–Crippen LogP) is 4.51. The predicted molar refractivity (Wildman–Crippen MR) is 79.9 cm³/mol. The van der Waals surface area contributed by atoms with Crippen molar-refractivity contribution in [2.75, 3.05) is 0 Å². The molecule has 0 aliphatic rings. The van der Waals surface area contributed by atoms with E-state index in [9.17, 15) is 26.7 Å². The molecule has 3 nitrogen and oxygen atoms in total. The van der Waals surface area contributed by atoms with E-state index in [4.69, 9.17) is 5.11 Å². The molecule has 2 N–H and O–H groups in total. The van der Waals surface area contributed by atoms with Crippen LogP contribution in [-0.4, -0.2) is 22.0 Å². The first kappa shape index (κ1) is 16.9. The number of aromatic nitrogens is 1. The summed E-state index contributed by atoms with van der Waals surface area (Å²) in [5, 5.41) is 8.46. The molecule has 0 aliphatic carbocycles. The summed E-state index contributed by atoms with van der Waals surface area (Å²) in [6, 6.07) is 6.07. The third-order valence-electron chi connectivity index (χ3n) is 3.78. The second-order valence-corrected chi connectivity index (χ2v) is 5.48. The number of hydrogen-bond acceptors (Lipinski definition) is 1. The van der Waals surface area contributed by atoms with Gasteiger partial charge in [0.2, 0.25) is 0 Å². The molecule has 0 atom stereocenters. The van der Waals surface area contributed by atoms with Gasteiger partial charge in [-0.15, -0.1) is 0 Å². The van der Waals surface area contributed by atoms with E-state index < -0.39 is 35.8 Å². The highest BCUT2D eigenvalue weighted by Gasteiger charge is 2.40. The zero-order chi connectivity index (χ0) is 18.4. The Morgan fingerprint density at radius 2 is 1.68 bits per heavy atom. The fourth-order valence-electron chi connectivity index (χ4n) is 2.62. The Kier molecular flexibility index (Phi) is 3.98. The van der Waals surface area contributed by atoms with Gasteiger partial charge in [0, 0.05) is 11.5 Å². The van der Waals surface area contributed by atoms with Crippen molar-refractivity contribution in [2.45, 2.75) is 12.3 Å². The average molecular weight is 355 g/mol. The highest BCUT2D eigenvalue weighted by atomic mass is 19.3. The molecule has 0 unspecified atom stereocenters. The van der Waals surface area contributed by atoms with Crippen molar-refractivity contribution >= 4 is 16.9 Å².